The second-order valence-corrected chi connectivity index (χ2v) is 7.37. The lowest BCUT2D eigenvalue weighted by molar-refractivity contribution is -0.154. The lowest BCUT2D eigenvalue weighted by Crippen LogP contribution is -2.66. The van der Waals surface area contributed by atoms with Gasteiger partial charge in [-0.2, -0.15) is 0 Å². The fraction of sp³-hybridized carbons (Fsp3) is 0.824. The van der Waals surface area contributed by atoms with Crippen LogP contribution in [0.1, 0.15) is 39.5 Å². The number of carbonyl (C=O) groups excluding carboxylic acids is 1. The number of hydrogen-bond donors (Lipinski definition) is 0. The van der Waals surface area contributed by atoms with E-state index in [0.717, 1.165) is 51.9 Å². The third-order valence-corrected chi connectivity index (χ3v) is 6.39. The first kappa shape index (κ1) is 13.8. The number of carbonyl (C=O) groups is 1. The van der Waals surface area contributed by atoms with Crippen molar-refractivity contribution in [1.29, 1.82) is 0 Å². The standard InChI is InChI=1S/C17H26N2O2/c1-3-18-8-6-16(7-9-18)11-14-10-15-4-5-17(14,21-15)12-19(16)13(2)20/h4-5,14-15H,3,6-12H2,1-2H3/t14-,15-,17-/m1/s1. The fourth-order valence-electron chi connectivity index (χ4n) is 5.13. The minimum absolute atomic E-state index is 0.0924. The summed E-state index contributed by atoms with van der Waals surface area (Å²) in [6.07, 6.45) is 9.28. The van der Waals surface area contributed by atoms with Crippen LogP contribution in [0.2, 0.25) is 0 Å². The maximum absolute atomic E-state index is 12.3. The van der Waals surface area contributed by atoms with Gasteiger partial charge in [-0.05, 0) is 38.1 Å². The highest BCUT2D eigenvalue weighted by Crippen LogP contribution is 2.53. The Labute approximate surface area is 127 Å². The maximum Gasteiger partial charge on any atom is 0.220 e. The predicted molar refractivity (Wildman–Crippen MR) is 80.9 cm³/mol. The third-order valence-electron chi connectivity index (χ3n) is 6.39. The Morgan fingerprint density at radius 2 is 2.14 bits per heavy atom. The Morgan fingerprint density at radius 3 is 2.76 bits per heavy atom. The van der Waals surface area contributed by atoms with Gasteiger partial charge in [-0.1, -0.05) is 19.1 Å². The first-order valence-corrected chi connectivity index (χ1v) is 8.45. The van der Waals surface area contributed by atoms with Crippen molar-refractivity contribution < 1.29 is 9.53 Å². The summed E-state index contributed by atoms with van der Waals surface area (Å²) in [5, 5.41) is 0. The molecule has 0 radical (unpaired) electrons. The molecule has 4 heteroatoms. The predicted octanol–water partition coefficient (Wildman–Crippen LogP) is 1.81. The molecule has 0 aromatic carbocycles. The lowest BCUT2D eigenvalue weighted by atomic mass is 9.67. The molecule has 4 rings (SSSR count). The van der Waals surface area contributed by atoms with Crippen molar-refractivity contribution in [2.45, 2.75) is 56.8 Å². The minimum atomic E-state index is -0.163. The summed E-state index contributed by atoms with van der Waals surface area (Å²) in [4.78, 5) is 17.0. The Kier molecular flexibility index (Phi) is 2.99. The first-order chi connectivity index (χ1) is 10.1. The molecule has 4 nitrogen and oxygen atoms in total. The van der Waals surface area contributed by atoms with E-state index < -0.39 is 0 Å². The lowest BCUT2D eigenvalue weighted by Gasteiger charge is -2.56. The van der Waals surface area contributed by atoms with E-state index in [1.54, 1.807) is 6.92 Å². The topological polar surface area (TPSA) is 32.8 Å². The Bertz CT molecular complexity index is 481. The van der Waals surface area contributed by atoms with E-state index in [1.165, 1.54) is 0 Å². The fourth-order valence-corrected chi connectivity index (χ4v) is 5.13. The van der Waals surface area contributed by atoms with Crippen molar-refractivity contribution in [3.05, 3.63) is 12.2 Å². The monoisotopic (exact) mass is 290 g/mol. The molecule has 116 valence electrons. The molecule has 3 atom stereocenters. The van der Waals surface area contributed by atoms with Crippen LogP contribution in [-0.2, 0) is 9.53 Å². The number of rotatable bonds is 1. The zero-order chi connectivity index (χ0) is 14.7. The van der Waals surface area contributed by atoms with Gasteiger partial charge in [0.1, 0.15) is 5.60 Å². The van der Waals surface area contributed by atoms with Crippen LogP contribution in [0.3, 0.4) is 0 Å². The summed E-state index contributed by atoms with van der Waals surface area (Å²) in [6.45, 7) is 8.10. The largest absolute Gasteiger partial charge is 0.361 e. The quantitative estimate of drug-likeness (QED) is 0.691. The van der Waals surface area contributed by atoms with Crippen LogP contribution < -0.4 is 0 Å². The van der Waals surface area contributed by atoms with E-state index >= 15 is 0 Å². The number of hydrogen-bond acceptors (Lipinski definition) is 3. The van der Waals surface area contributed by atoms with Crippen molar-refractivity contribution in [2.24, 2.45) is 5.92 Å². The molecule has 4 aliphatic rings. The molecular formula is C17H26N2O2. The van der Waals surface area contributed by atoms with Gasteiger partial charge in [0.05, 0.1) is 12.6 Å². The van der Waals surface area contributed by atoms with Crippen LogP contribution in [0.5, 0.6) is 0 Å². The van der Waals surface area contributed by atoms with E-state index in [2.05, 4.69) is 28.9 Å². The normalized spacial score (nSPS) is 40.8. The van der Waals surface area contributed by atoms with Crippen molar-refractivity contribution in [3.63, 3.8) is 0 Å². The molecule has 0 aromatic rings. The van der Waals surface area contributed by atoms with Crippen LogP contribution in [0.25, 0.3) is 0 Å². The highest BCUT2D eigenvalue weighted by molar-refractivity contribution is 5.74. The zero-order valence-electron chi connectivity index (χ0n) is 13.2. The summed E-state index contributed by atoms with van der Waals surface area (Å²) >= 11 is 0. The Hall–Kier alpha value is -0.870. The van der Waals surface area contributed by atoms with Crippen LogP contribution in [0.4, 0.5) is 0 Å². The van der Waals surface area contributed by atoms with Gasteiger partial charge in [-0.3, -0.25) is 4.79 Å². The molecule has 3 fully saturated rings. The van der Waals surface area contributed by atoms with Crippen molar-refractivity contribution in [1.82, 2.24) is 9.80 Å². The molecule has 0 N–H and O–H groups in total. The van der Waals surface area contributed by atoms with Gasteiger partial charge in [0.2, 0.25) is 5.91 Å². The van der Waals surface area contributed by atoms with Crippen molar-refractivity contribution in [2.75, 3.05) is 26.2 Å². The number of nitrogens with zero attached hydrogens (tertiary/aromatic N) is 2. The van der Waals surface area contributed by atoms with Gasteiger partial charge in [0, 0.05) is 25.6 Å². The third kappa shape index (κ3) is 1.92. The Morgan fingerprint density at radius 1 is 1.38 bits per heavy atom. The van der Waals surface area contributed by atoms with Gasteiger partial charge >= 0.3 is 0 Å². The van der Waals surface area contributed by atoms with Gasteiger partial charge in [-0.25, -0.2) is 0 Å². The second-order valence-electron chi connectivity index (χ2n) is 7.37. The van der Waals surface area contributed by atoms with Gasteiger partial charge in [-0.15, -0.1) is 0 Å². The molecule has 3 saturated heterocycles. The Balaban J connectivity index is 1.62. The second kappa shape index (κ2) is 4.56. The molecule has 1 amide bonds. The van der Waals surface area contributed by atoms with Crippen LogP contribution >= 0.6 is 0 Å². The van der Waals surface area contributed by atoms with E-state index in [4.69, 9.17) is 4.74 Å². The summed E-state index contributed by atoms with van der Waals surface area (Å²) in [5.74, 6) is 0.830. The summed E-state index contributed by atoms with van der Waals surface area (Å²) in [5.41, 5.74) is -0.0709. The summed E-state index contributed by atoms with van der Waals surface area (Å²) in [6, 6.07) is 0. The highest BCUT2D eigenvalue weighted by atomic mass is 16.5. The number of likely N-dealkylation sites (tertiary alicyclic amines) is 2. The SMILES string of the molecule is CCN1CCC2(CC1)C[C@H]1C[C@H]3C=C[C@]1(CN2C(C)=O)O3. The molecule has 0 saturated carbocycles. The van der Waals surface area contributed by atoms with Gasteiger partial charge < -0.3 is 14.5 Å². The van der Waals surface area contributed by atoms with E-state index in [0.29, 0.717) is 12.0 Å². The first-order valence-electron chi connectivity index (χ1n) is 8.45. The molecule has 0 aliphatic carbocycles. The minimum Gasteiger partial charge on any atom is -0.361 e. The van der Waals surface area contributed by atoms with Crippen LogP contribution in [-0.4, -0.2) is 59.1 Å². The van der Waals surface area contributed by atoms with E-state index in [1.807, 2.05) is 0 Å². The molecule has 2 spiro atoms. The van der Waals surface area contributed by atoms with Crippen LogP contribution in [0, 0.1) is 5.92 Å². The molecule has 4 heterocycles. The van der Waals surface area contributed by atoms with Crippen molar-refractivity contribution >= 4 is 5.91 Å². The molecular weight excluding hydrogens is 264 g/mol. The number of piperidine rings is 2. The highest BCUT2D eigenvalue weighted by Gasteiger charge is 2.59. The zero-order valence-corrected chi connectivity index (χ0v) is 13.2. The van der Waals surface area contributed by atoms with E-state index in [9.17, 15) is 4.79 Å². The average Bonchev–Trinajstić information content (AvgIpc) is 3.03. The van der Waals surface area contributed by atoms with Crippen molar-refractivity contribution in [3.8, 4) is 0 Å². The average molecular weight is 290 g/mol. The van der Waals surface area contributed by atoms with Gasteiger partial charge in [0.25, 0.3) is 0 Å². The number of fused-ring (bicyclic) bond motifs is 1. The molecule has 4 aliphatic heterocycles. The summed E-state index contributed by atoms with van der Waals surface area (Å²) < 4.78 is 6.21. The maximum atomic E-state index is 12.3. The molecule has 2 bridgehead atoms. The number of amides is 1. The molecule has 21 heavy (non-hydrogen) atoms. The smallest absolute Gasteiger partial charge is 0.220 e. The van der Waals surface area contributed by atoms with Gasteiger partial charge in [0.15, 0.2) is 0 Å². The van der Waals surface area contributed by atoms with Crippen LogP contribution in [0.15, 0.2) is 12.2 Å². The number of ether oxygens (including phenoxy) is 1. The molecule has 0 unspecified atom stereocenters. The molecule has 0 aromatic heterocycles. The van der Waals surface area contributed by atoms with E-state index in [-0.39, 0.29) is 17.0 Å². The summed E-state index contributed by atoms with van der Waals surface area (Å²) in [7, 11) is 0.